The Balaban J connectivity index is 2.35. The van der Waals surface area contributed by atoms with Crippen LogP contribution in [0.15, 0.2) is 0 Å². The van der Waals surface area contributed by atoms with Gasteiger partial charge in [0.25, 0.3) is 6.43 Å². The maximum atomic E-state index is 11.9. The first-order chi connectivity index (χ1) is 5.65. The number of rotatable bonds is 3. The second-order valence-corrected chi connectivity index (χ2v) is 2.74. The van der Waals surface area contributed by atoms with Crippen molar-refractivity contribution in [1.82, 2.24) is 0 Å². The highest BCUT2D eigenvalue weighted by atomic mass is 19.3. The van der Waals surface area contributed by atoms with E-state index in [4.69, 9.17) is 14.6 Å². The predicted molar refractivity (Wildman–Crippen MR) is 36.9 cm³/mol. The van der Waals surface area contributed by atoms with Crippen molar-refractivity contribution in [3.63, 3.8) is 0 Å². The van der Waals surface area contributed by atoms with E-state index in [1.54, 1.807) is 0 Å². The van der Waals surface area contributed by atoms with E-state index >= 15 is 0 Å². The Kier molecular flexibility index (Phi) is 3.37. The van der Waals surface area contributed by atoms with Gasteiger partial charge in [-0.2, -0.15) is 0 Å². The van der Waals surface area contributed by atoms with Gasteiger partial charge in [-0.25, -0.2) is 8.78 Å². The Hall–Kier alpha value is -0.260. The molecule has 0 aromatic carbocycles. The molecule has 0 bridgehead atoms. The van der Waals surface area contributed by atoms with Crippen LogP contribution in [-0.2, 0) is 9.47 Å². The average molecular weight is 182 g/mol. The Morgan fingerprint density at radius 1 is 1.50 bits per heavy atom. The van der Waals surface area contributed by atoms with Crippen molar-refractivity contribution in [3.8, 4) is 0 Å². The largest absolute Gasteiger partial charge is 0.384 e. The molecular formula is C7H12F2O3. The zero-order chi connectivity index (χ0) is 9.14. The van der Waals surface area contributed by atoms with Crippen LogP contribution in [0.4, 0.5) is 8.78 Å². The van der Waals surface area contributed by atoms with Gasteiger partial charge in [0.05, 0.1) is 6.10 Å². The maximum absolute atomic E-state index is 11.9. The molecule has 0 amide bonds. The quantitative estimate of drug-likeness (QED) is 0.700. The minimum atomic E-state index is -2.74. The Morgan fingerprint density at radius 3 is 2.58 bits per heavy atom. The van der Waals surface area contributed by atoms with Crippen LogP contribution >= 0.6 is 0 Å². The molecule has 0 aromatic heterocycles. The SMILES string of the molecule is CO[C@H]1CC[C@@H]([C@@H](O)C(F)F)O1. The van der Waals surface area contributed by atoms with Gasteiger partial charge in [-0.05, 0) is 6.42 Å². The summed E-state index contributed by atoms with van der Waals surface area (Å²) < 4.78 is 33.7. The van der Waals surface area contributed by atoms with Crippen molar-refractivity contribution >= 4 is 0 Å². The van der Waals surface area contributed by atoms with Gasteiger partial charge in [0, 0.05) is 13.5 Å². The molecule has 72 valence electrons. The minimum Gasteiger partial charge on any atom is -0.384 e. The number of ether oxygens (including phenoxy) is 2. The molecule has 0 saturated carbocycles. The third-order valence-electron chi connectivity index (χ3n) is 1.92. The molecule has 1 rings (SSSR count). The highest BCUT2D eigenvalue weighted by molar-refractivity contribution is 4.77. The van der Waals surface area contributed by atoms with Crippen molar-refractivity contribution in [3.05, 3.63) is 0 Å². The molecule has 5 heteroatoms. The van der Waals surface area contributed by atoms with Gasteiger partial charge in [-0.1, -0.05) is 0 Å². The molecule has 0 aromatic rings. The van der Waals surface area contributed by atoms with E-state index in [9.17, 15) is 8.78 Å². The van der Waals surface area contributed by atoms with E-state index < -0.39 is 24.9 Å². The van der Waals surface area contributed by atoms with Gasteiger partial charge in [0.1, 0.15) is 6.10 Å². The zero-order valence-corrected chi connectivity index (χ0v) is 6.74. The first-order valence-electron chi connectivity index (χ1n) is 3.79. The van der Waals surface area contributed by atoms with Crippen molar-refractivity contribution < 1.29 is 23.4 Å². The van der Waals surface area contributed by atoms with Gasteiger partial charge in [-0.15, -0.1) is 0 Å². The normalized spacial score (nSPS) is 32.8. The first-order valence-corrected chi connectivity index (χ1v) is 3.79. The maximum Gasteiger partial charge on any atom is 0.266 e. The average Bonchev–Trinajstić information content (AvgIpc) is 2.50. The first kappa shape index (κ1) is 9.83. The smallest absolute Gasteiger partial charge is 0.266 e. The summed E-state index contributed by atoms with van der Waals surface area (Å²) in [5.74, 6) is 0. The summed E-state index contributed by atoms with van der Waals surface area (Å²) in [7, 11) is 1.45. The van der Waals surface area contributed by atoms with Gasteiger partial charge in [0.15, 0.2) is 6.29 Å². The van der Waals surface area contributed by atoms with Crippen molar-refractivity contribution in [2.75, 3.05) is 7.11 Å². The van der Waals surface area contributed by atoms with Gasteiger partial charge >= 0.3 is 0 Å². The zero-order valence-electron chi connectivity index (χ0n) is 6.74. The summed E-state index contributed by atoms with van der Waals surface area (Å²) in [6.45, 7) is 0. The molecule has 1 aliphatic heterocycles. The molecule has 0 aliphatic carbocycles. The second-order valence-electron chi connectivity index (χ2n) is 2.74. The monoisotopic (exact) mass is 182 g/mol. The number of hydrogen-bond acceptors (Lipinski definition) is 3. The third kappa shape index (κ3) is 2.12. The van der Waals surface area contributed by atoms with E-state index in [2.05, 4.69) is 0 Å². The number of halogens is 2. The summed E-state index contributed by atoms with van der Waals surface area (Å²) in [4.78, 5) is 0. The van der Waals surface area contributed by atoms with Crippen LogP contribution in [0.3, 0.4) is 0 Å². The molecule has 0 radical (unpaired) electrons. The van der Waals surface area contributed by atoms with E-state index in [1.165, 1.54) is 7.11 Å². The molecule has 1 aliphatic rings. The van der Waals surface area contributed by atoms with Gasteiger partial charge in [-0.3, -0.25) is 0 Å². The summed E-state index contributed by atoms with van der Waals surface area (Å²) in [6.07, 6.45) is -4.68. The standard InChI is InChI=1S/C7H12F2O3/c1-11-5-3-2-4(12-5)6(10)7(8)9/h4-7,10H,2-3H2,1H3/t4-,5+,6+/m0/s1. The van der Waals surface area contributed by atoms with Crippen LogP contribution in [0.5, 0.6) is 0 Å². The molecule has 1 N–H and O–H groups in total. The molecule has 0 unspecified atom stereocenters. The molecule has 0 spiro atoms. The van der Waals surface area contributed by atoms with Crippen molar-refractivity contribution in [2.24, 2.45) is 0 Å². The number of hydrogen-bond donors (Lipinski definition) is 1. The summed E-state index contributed by atoms with van der Waals surface area (Å²) in [5, 5.41) is 8.91. The molecule has 1 heterocycles. The second kappa shape index (κ2) is 4.11. The Labute approximate surface area is 69.3 Å². The highest BCUT2D eigenvalue weighted by Gasteiger charge is 2.35. The lowest BCUT2D eigenvalue weighted by Crippen LogP contribution is -2.32. The number of aliphatic hydroxyl groups is 1. The third-order valence-corrected chi connectivity index (χ3v) is 1.92. The van der Waals surface area contributed by atoms with Crippen molar-refractivity contribution in [2.45, 2.75) is 37.8 Å². The molecule has 12 heavy (non-hydrogen) atoms. The molecule has 1 saturated heterocycles. The van der Waals surface area contributed by atoms with E-state index in [-0.39, 0.29) is 0 Å². The minimum absolute atomic E-state index is 0.421. The number of alkyl halides is 2. The fourth-order valence-corrected chi connectivity index (χ4v) is 1.22. The van der Waals surface area contributed by atoms with Gasteiger partial charge in [0.2, 0.25) is 0 Å². The Bertz CT molecular complexity index is 143. The lowest BCUT2D eigenvalue weighted by atomic mass is 10.1. The van der Waals surface area contributed by atoms with E-state index in [1.807, 2.05) is 0 Å². The molecule has 3 nitrogen and oxygen atoms in total. The fourth-order valence-electron chi connectivity index (χ4n) is 1.22. The van der Waals surface area contributed by atoms with Crippen LogP contribution in [0, 0.1) is 0 Å². The number of methoxy groups -OCH3 is 1. The molecule has 3 atom stereocenters. The van der Waals surface area contributed by atoms with Crippen LogP contribution in [0.1, 0.15) is 12.8 Å². The number of aliphatic hydroxyl groups excluding tert-OH is 1. The Morgan fingerprint density at radius 2 is 2.17 bits per heavy atom. The lowest BCUT2D eigenvalue weighted by molar-refractivity contribution is -0.159. The molecular weight excluding hydrogens is 170 g/mol. The van der Waals surface area contributed by atoms with Crippen molar-refractivity contribution in [1.29, 1.82) is 0 Å². The summed E-state index contributed by atoms with van der Waals surface area (Å²) >= 11 is 0. The van der Waals surface area contributed by atoms with E-state index in [0.717, 1.165) is 0 Å². The fraction of sp³-hybridized carbons (Fsp3) is 1.00. The lowest BCUT2D eigenvalue weighted by Gasteiger charge is -2.17. The predicted octanol–water partition coefficient (Wildman–Crippen LogP) is 0.764. The van der Waals surface area contributed by atoms with Gasteiger partial charge < -0.3 is 14.6 Å². The highest BCUT2D eigenvalue weighted by Crippen LogP contribution is 2.24. The topological polar surface area (TPSA) is 38.7 Å². The van der Waals surface area contributed by atoms with Crippen LogP contribution < -0.4 is 0 Å². The van der Waals surface area contributed by atoms with Crippen LogP contribution in [-0.4, -0.2) is 37.1 Å². The van der Waals surface area contributed by atoms with Crippen LogP contribution in [0.25, 0.3) is 0 Å². The summed E-state index contributed by atoms with van der Waals surface area (Å²) in [6, 6.07) is 0. The summed E-state index contributed by atoms with van der Waals surface area (Å²) in [5.41, 5.74) is 0. The van der Waals surface area contributed by atoms with Crippen LogP contribution in [0.2, 0.25) is 0 Å². The van der Waals surface area contributed by atoms with E-state index in [0.29, 0.717) is 12.8 Å². The molecule has 1 fully saturated rings.